The Balaban J connectivity index is 1.85. The summed E-state index contributed by atoms with van der Waals surface area (Å²) < 4.78 is 37.8. The van der Waals surface area contributed by atoms with Crippen LogP contribution < -0.4 is 0 Å². The molecule has 3 saturated heterocycles. The van der Waals surface area contributed by atoms with E-state index in [0.29, 0.717) is 18.6 Å². The number of hydrogen-bond donors (Lipinski definition) is 5. The molecule has 1 aromatic rings. The topological polar surface area (TPSA) is 198 Å². The second kappa shape index (κ2) is 20.6. The highest BCUT2D eigenvalue weighted by atomic mass is 32.1. The molecule has 0 saturated carbocycles. The van der Waals surface area contributed by atoms with Gasteiger partial charge in [-0.05, 0) is 86.3 Å². The Morgan fingerprint density at radius 1 is 0.966 bits per heavy atom. The molecule has 0 amide bonds. The second-order valence-corrected chi connectivity index (χ2v) is 19.3. The quantitative estimate of drug-likeness (QED) is 0.122. The molecule has 3 aliphatic heterocycles. The van der Waals surface area contributed by atoms with Crippen molar-refractivity contribution >= 4 is 23.0 Å². The third-order valence-corrected chi connectivity index (χ3v) is 14.0. The molecule has 0 bridgehead atoms. The first kappa shape index (κ1) is 49.9. The van der Waals surface area contributed by atoms with Crippen LogP contribution in [-0.4, -0.2) is 154 Å². The Hall–Kier alpha value is -1.80. The summed E-state index contributed by atoms with van der Waals surface area (Å²) in [5.41, 5.74) is -4.34. The first-order chi connectivity index (χ1) is 27.5. The summed E-state index contributed by atoms with van der Waals surface area (Å²) in [6, 6.07) is 3.65. The zero-order valence-corrected chi connectivity index (χ0v) is 38.3. The Labute approximate surface area is 355 Å². The van der Waals surface area contributed by atoms with Gasteiger partial charge in [-0.15, -0.1) is 11.3 Å². The van der Waals surface area contributed by atoms with E-state index in [1.165, 1.54) is 14.0 Å². The van der Waals surface area contributed by atoms with Crippen LogP contribution in [0.1, 0.15) is 99.8 Å². The van der Waals surface area contributed by atoms with E-state index in [1.54, 1.807) is 59.8 Å². The van der Waals surface area contributed by atoms with Gasteiger partial charge in [0.05, 0.1) is 53.4 Å². The van der Waals surface area contributed by atoms with Crippen molar-refractivity contribution in [2.24, 2.45) is 28.8 Å². The molecule has 5 N–H and O–H groups in total. The van der Waals surface area contributed by atoms with Crippen molar-refractivity contribution in [3.63, 3.8) is 0 Å². The van der Waals surface area contributed by atoms with Gasteiger partial charge in [0.25, 0.3) is 0 Å². The number of ether oxygens (including phenoxy) is 6. The molecular formula is C43H74N2O13S. The third kappa shape index (κ3) is 11.6. The van der Waals surface area contributed by atoms with Crippen LogP contribution in [0, 0.1) is 23.7 Å². The molecule has 4 heterocycles. The third-order valence-electron chi connectivity index (χ3n) is 13.0. The highest BCUT2D eigenvalue weighted by Gasteiger charge is 2.53. The Bertz CT molecular complexity index is 1500. The number of esters is 1. The van der Waals surface area contributed by atoms with E-state index in [4.69, 9.17) is 33.3 Å². The molecule has 59 heavy (non-hydrogen) atoms. The molecule has 16 heteroatoms. The summed E-state index contributed by atoms with van der Waals surface area (Å²) in [5.74, 6) is -3.98. The lowest BCUT2D eigenvalue weighted by Gasteiger charge is -2.49. The number of carbonyl (C=O) groups excluding carboxylic acids is 1. The Morgan fingerprint density at radius 2 is 1.64 bits per heavy atom. The number of likely N-dealkylation sites (N-methyl/N-ethyl adjacent to an activating group) is 1. The van der Waals surface area contributed by atoms with E-state index in [2.05, 4.69) is 5.16 Å². The standard InChI is InChI=1S/C43H74N2O13S/c1-14-31-43(10,51)36(47)25(4)33(44-53-18-17-29-16-15-19-59-29)23(2)21-41(8,50)38(58-40-34(46)30(45(11)12)20-24(3)54-40)26(5)35(27(6)39(49)56-31)57-32-22-42(9,52-13)37(48)28(7)55-32/h15-16,19,23-28,30-32,34-38,40,46-48,50-51H,14,17-18,20-22H2,1-13H3/b44-33-/t23-,24-,25+,26+,27-,28+,30+,31-,32+,34-,35+,36-,37+,38-,40+,41+,42-,43-/m1/s1. The van der Waals surface area contributed by atoms with Crippen LogP contribution in [0.5, 0.6) is 0 Å². The molecule has 3 fully saturated rings. The maximum Gasteiger partial charge on any atom is 0.311 e. The van der Waals surface area contributed by atoms with Crippen molar-refractivity contribution < 1.29 is 63.6 Å². The lowest BCUT2D eigenvalue weighted by molar-refractivity contribution is -0.317. The molecule has 0 aromatic carbocycles. The predicted octanol–water partition coefficient (Wildman–Crippen LogP) is 3.89. The van der Waals surface area contributed by atoms with E-state index in [-0.39, 0.29) is 38.0 Å². The number of carbonyl (C=O) groups is 1. The number of cyclic esters (lactones) is 1. The van der Waals surface area contributed by atoms with E-state index in [1.807, 2.05) is 50.4 Å². The minimum Gasteiger partial charge on any atom is -0.459 e. The van der Waals surface area contributed by atoms with E-state index in [0.717, 1.165) is 4.88 Å². The lowest BCUT2D eigenvalue weighted by Crippen LogP contribution is -2.61. The predicted molar refractivity (Wildman–Crippen MR) is 223 cm³/mol. The number of rotatable bonds is 11. The second-order valence-electron chi connectivity index (χ2n) is 18.2. The number of oxime groups is 1. The molecule has 0 spiro atoms. The van der Waals surface area contributed by atoms with Gasteiger partial charge in [0.15, 0.2) is 12.6 Å². The first-order valence-electron chi connectivity index (χ1n) is 21.2. The molecule has 15 nitrogen and oxygen atoms in total. The Kier molecular flexibility index (Phi) is 17.4. The van der Waals surface area contributed by atoms with Crippen LogP contribution in [-0.2, 0) is 44.5 Å². The zero-order valence-electron chi connectivity index (χ0n) is 37.4. The maximum absolute atomic E-state index is 14.4. The largest absolute Gasteiger partial charge is 0.459 e. The summed E-state index contributed by atoms with van der Waals surface area (Å²) >= 11 is 1.60. The van der Waals surface area contributed by atoms with Gasteiger partial charge in [-0.25, -0.2) is 0 Å². The highest BCUT2D eigenvalue weighted by molar-refractivity contribution is 7.09. The minimum atomic E-state index is -1.94. The fraction of sp³-hybridized carbons (Fsp3) is 0.860. The van der Waals surface area contributed by atoms with Crippen LogP contribution >= 0.6 is 11.3 Å². The van der Waals surface area contributed by atoms with E-state index in [9.17, 15) is 30.3 Å². The summed E-state index contributed by atoms with van der Waals surface area (Å²) in [7, 11) is 5.25. The van der Waals surface area contributed by atoms with Crippen molar-refractivity contribution in [1.82, 2.24) is 4.90 Å². The maximum atomic E-state index is 14.4. The fourth-order valence-corrected chi connectivity index (χ4v) is 10.0. The van der Waals surface area contributed by atoms with Crippen molar-refractivity contribution in [3.05, 3.63) is 22.4 Å². The molecule has 4 rings (SSSR count). The van der Waals surface area contributed by atoms with Crippen LogP contribution in [0.3, 0.4) is 0 Å². The van der Waals surface area contributed by atoms with E-state index >= 15 is 0 Å². The molecule has 340 valence electrons. The molecule has 1 aromatic heterocycles. The Morgan fingerprint density at radius 3 is 2.24 bits per heavy atom. The highest BCUT2D eigenvalue weighted by Crippen LogP contribution is 2.41. The first-order valence-corrected chi connectivity index (χ1v) is 22.1. The van der Waals surface area contributed by atoms with Crippen molar-refractivity contribution in [1.29, 1.82) is 0 Å². The number of thiophene rings is 1. The zero-order chi connectivity index (χ0) is 44.2. The van der Waals surface area contributed by atoms with Gasteiger partial charge in [-0.1, -0.05) is 38.9 Å². The van der Waals surface area contributed by atoms with Crippen LogP contribution in [0.4, 0.5) is 0 Å². The van der Waals surface area contributed by atoms with Gasteiger partial charge in [0.1, 0.15) is 30.5 Å². The average Bonchev–Trinajstić information content (AvgIpc) is 3.69. The summed E-state index contributed by atoms with van der Waals surface area (Å²) in [6.45, 7) is 17.4. The van der Waals surface area contributed by atoms with Gasteiger partial charge in [0, 0.05) is 48.6 Å². The number of methoxy groups -OCH3 is 1. The summed E-state index contributed by atoms with van der Waals surface area (Å²) in [6.07, 6.45) is -8.62. The van der Waals surface area contributed by atoms with Crippen LogP contribution in [0.15, 0.2) is 22.7 Å². The summed E-state index contributed by atoms with van der Waals surface area (Å²) in [4.78, 5) is 23.3. The van der Waals surface area contributed by atoms with Gasteiger partial charge >= 0.3 is 5.97 Å². The molecule has 3 aliphatic rings. The van der Waals surface area contributed by atoms with Gasteiger partial charge in [-0.3, -0.25) is 4.79 Å². The van der Waals surface area contributed by atoms with Gasteiger partial charge in [-0.2, -0.15) is 0 Å². The molecule has 0 unspecified atom stereocenters. The molecule has 0 radical (unpaired) electrons. The monoisotopic (exact) mass is 858 g/mol. The SMILES string of the molecule is CC[C@H]1OC(=O)[C@H](C)[C@@H](O[C@H]2C[C@@](C)(OC)[C@@H](O)[C@H](C)O2)[C@H](C)[C@@H](O[C@@H]2O[C@H](C)C[C@H](N(C)C)[C@H]2O)[C@@](C)(O)C[C@@H](C)/C(=N/OCCc2cccs2)[C@H](C)[C@@H](O)[C@]1(C)O. The number of hydrogen-bond acceptors (Lipinski definition) is 16. The fourth-order valence-electron chi connectivity index (χ4n) is 9.31. The van der Waals surface area contributed by atoms with E-state index < -0.39 is 102 Å². The number of aliphatic hydroxyl groups excluding tert-OH is 3. The van der Waals surface area contributed by atoms with Crippen molar-refractivity contribution in [3.8, 4) is 0 Å². The van der Waals surface area contributed by atoms with Crippen LogP contribution in [0.25, 0.3) is 0 Å². The average molecular weight is 859 g/mol. The number of aliphatic hydroxyl groups is 5. The van der Waals surface area contributed by atoms with Crippen molar-refractivity contribution in [2.45, 2.75) is 186 Å². The molecule has 18 atom stereocenters. The van der Waals surface area contributed by atoms with Crippen LogP contribution in [0.2, 0.25) is 0 Å². The normalized spacial score (nSPS) is 45.2. The lowest BCUT2D eigenvalue weighted by atomic mass is 9.73. The minimum absolute atomic E-state index is 0.0114. The van der Waals surface area contributed by atoms with Crippen molar-refractivity contribution in [2.75, 3.05) is 27.8 Å². The molecule has 0 aliphatic carbocycles. The van der Waals surface area contributed by atoms with Gasteiger partial charge < -0.3 is 63.7 Å². The molecular weight excluding hydrogens is 785 g/mol. The van der Waals surface area contributed by atoms with Gasteiger partial charge in [0.2, 0.25) is 0 Å². The smallest absolute Gasteiger partial charge is 0.311 e. The summed E-state index contributed by atoms with van der Waals surface area (Å²) in [5, 5.41) is 66.0. The number of nitrogens with zero attached hydrogens (tertiary/aromatic N) is 2.